The van der Waals surface area contributed by atoms with Crippen LogP contribution in [0.5, 0.6) is 11.5 Å². The maximum atomic E-state index is 12.7. The number of benzene rings is 6. The quantitative estimate of drug-likeness (QED) is 0.0838. The summed E-state index contributed by atoms with van der Waals surface area (Å²) in [5, 5.41) is 5.76. The van der Waals surface area contributed by atoms with Gasteiger partial charge in [-0.15, -0.1) is 0 Å². The predicted molar refractivity (Wildman–Crippen MR) is 221 cm³/mol. The van der Waals surface area contributed by atoms with E-state index in [1.54, 1.807) is 48.5 Å². The molecule has 2 amide bonds. The Bertz CT molecular complexity index is 2230. The van der Waals surface area contributed by atoms with E-state index in [0.717, 1.165) is 33.4 Å². The van der Waals surface area contributed by atoms with Gasteiger partial charge in [-0.25, -0.2) is 0 Å². The third-order valence-corrected chi connectivity index (χ3v) is 8.88. The lowest BCUT2D eigenvalue weighted by Gasteiger charge is -2.09. The van der Waals surface area contributed by atoms with Gasteiger partial charge in [-0.3, -0.25) is 19.2 Å². The van der Waals surface area contributed by atoms with Crippen molar-refractivity contribution in [3.8, 4) is 23.3 Å². The molecule has 2 N–H and O–H groups in total. The largest absolute Gasteiger partial charge is 0.489 e. The second-order valence-electron chi connectivity index (χ2n) is 13.1. The van der Waals surface area contributed by atoms with Crippen LogP contribution >= 0.6 is 0 Å². The standard InChI is InChI=1S/C48H40N2O8/c1-55-45(51)29-35-5-17-39(18-6-35)47(53)49-41-21-9-37(10-22-41)31-57-43-25-13-33(14-26-43)3-4-34-15-27-44(28-16-34)58-32-38-11-23-42(24-12-38)50-48(54)40-19-7-36(8-20-40)30-46(52)56-2/h5-28H,29-32H2,1-2H3,(H,49,53)(H,50,54). The molecule has 10 nitrogen and oxygen atoms in total. The van der Waals surface area contributed by atoms with E-state index in [2.05, 4.69) is 31.9 Å². The fourth-order valence-corrected chi connectivity index (χ4v) is 5.55. The Morgan fingerprint density at radius 1 is 0.431 bits per heavy atom. The summed E-state index contributed by atoms with van der Waals surface area (Å²) < 4.78 is 21.3. The summed E-state index contributed by atoms with van der Waals surface area (Å²) in [4.78, 5) is 48.2. The summed E-state index contributed by atoms with van der Waals surface area (Å²) >= 11 is 0. The Labute approximate surface area is 336 Å². The molecule has 0 aliphatic carbocycles. The Morgan fingerprint density at radius 2 is 0.759 bits per heavy atom. The normalized spacial score (nSPS) is 10.3. The molecule has 0 heterocycles. The van der Waals surface area contributed by atoms with Gasteiger partial charge in [-0.05, 0) is 119 Å². The highest BCUT2D eigenvalue weighted by molar-refractivity contribution is 6.05. The van der Waals surface area contributed by atoms with E-state index in [-0.39, 0.29) is 36.6 Å². The molecule has 0 atom stereocenters. The topological polar surface area (TPSA) is 129 Å². The van der Waals surface area contributed by atoms with E-state index >= 15 is 0 Å². The van der Waals surface area contributed by atoms with Crippen molar-refractivity contribution in [2.75, 3.05) is 24.9 Å². The van der Waals surface area contributed by atoms with Gasteiger partial charge in [0.05, 0.1) is 27.1 Å². The molecular formula is C48H40N2O8. The maximum absolute atomic E-state index is 12.7. The third kappa shape index (κ3) is 11.9. The van der Waals surface area contributed by atoms with Crippen LogP contribution in [0.15, 0.2) is 146 Å². The number of ether oxygens (including phenoxy) is 4. The van der Waals surface area contributed by atoms with Crippen molar-refractivity contribution in [1.29, 1.82) is 0 Å². The number of methoxy groups -OCH3 is 2. The average molecular weight is 773 g/mol. The van der Waals surface area contributed by atoms with E-state index < -0.39 is 0 Å². The van der Waals surface area contributed by atoms with Crippen molar-refractivity contribution in [2.45, 2.75) is 26.1 Å². The molecular weight excluding hydrogens is 733 g/mol. The number of nitrogens with one attached hydrogen (secondary N) is 2. The van der Waals surface area contributed by atoms with Gasteiger partial charge in [0, 0.05) is 33.6 Å². The number of hydrogen-bond acceptors (Lipinski definition) is 8. The lowest BCUT2D eigenvalue weighted by atomic mass is 10.1. The van der Waals surface area contributed by atoms with Gasteiger partial charge < -0.3 is 29.6 Å². The molecule has 0 aliphatic heterocycles. The van der Waals surface area contributed by atoms with Crippen LogP contribution in [-0.2, 0) is 45.1 Å². The second kappa shape index (κ2) is 19.8. The molecule has 0 fully saturated rings. The van der Waals surface area contributed by atoms with Crippen molar-refractivity contribution < 1.29 is 38.1 Å². The number of hydrogen-bond donors (Lipinski definition) is 2. The number of rotatable bonds is 14. The Balaban J connectivity index is 0.910. The molecule has 0 bridgehead atoms. The van der Waals surface area contributed by atoms with Crippen molar-refractivity contribution in [3.05, 3.63) is 190 Å². The summed E-state index contributed by atoms with van der Waals surface area (Å²) in [6, 6.07) is 43.7. The summed E-state index contributed by atoms with van der Waals surface area (Å²) in [5.74, 6) is 6.62. The first-order valence-corrected chi connectivity index (χ1v) is 18.3. The molecule has 0 spiro atoms. The van der Waals surface area contributed by atoms with Gasteiger partial charge >= 0.3 is 11.9 Å². The SMILES string of the molecule is COC(=O)Cc1ccc(C(=O)Nc2ccc(COc3ccc(C#Cc4ccc(OCc5ccc(NC(=O)c6ccc(CC(=O)OC)cc6)cc5)cc4)cc3)cc2)cc1. The Hall–Kier alpha value is -7.64. The Kier molecular flexibility index (Phi) is 13.7. The number of carbonyl (C=O) groups excluding carboxylic acids is 4. The van der Waals surface area contributed by atoms with Crippen LogP contribution in [0.1, 0.15) is 54.1 Å². The van der Waals surface area contributed by atoms with E-state index in [1.807, 2.05) is 97.1 Å². The van der Waals surface area contributed by atoms with Crippen molar-refractivity contribution in [1.82, 2.24) is 0 Å². The molecule has 0 saturated carbocycles. The monoisotopic (exact) mass is 772 g/mol. The third-order valence-electron chi connectivity index (χ3n) is 8.88. The highest BCUT2D eigenvalue weighted by Gasteiger charge is 2.10. The summed E-state index contributed by atoms with van der Waals surface area (Å²) in [5.41, 5.74) is 7.41. The van der Waals surface area contributed by atoms with Crippen LogP contribution in [-0.4, -0.2) is 38.0 Å². The van der Waals surface area contributed by atoms with Crippen LogP contribution in [0.2, 0.25) is 0 Å². The molecule has 0 unspecified atom stereocenters. The minimum atomic E-state index is -0.334. The molecule has 58 heavy (non-hydrogen) atoms. The van der Waals surface area contributed by atoms with Crippen molar-refractivity contribution in [2.24, 2.45) is 0 Å². The molecule has 0 radical (unpaired) electrons. The van der Waals surface area contributed by atoms with Crippen LogP contribution in [0.25, 0.3) is 0 Å². The lowest BCUT2D eigenvalue weighted by Crippen LogP contribution is -2.12. The average Bonchev–Trinajstić information content (AvgIpc) is 3.26. The highest BCUT2D eigenvalue weighted by atomic mass is 16.5. The number of amides is 2. The van der Waals surface area contributed by atoms with Gasteiger partial charge in [0.1, 0.15) is 24.7 Å². The fourth-order valence-electron chi connectivity index (χ4n) is 5.55. The zero-order valence-electron chi connectivity index (χ0n) is 32.0. The smallest absolute Gasteiger partial charge is 0.309 e. The molecule has 6 aromatic carbocycles. The molecule has 290 valence electrons. The maximum Gasteiger partial charge on any atom is 0.309 e. The molecule has 10 heteroatoms. The molecule has 0 aliphatic rings. The van der Waals surface area contributed by atoms with Gasteiger partial charge in [0.15, 0.2) is 0 Å². The van der Waals surface area contributed by atoms with E-state index in [1.165, 1.54) is 14.2 Å². The van der Waals surface area contributed by atoms with E-state index in [9.17, 15) is 19.2 Å². The van der Waals surface area contributed by atoms with Crippen LogP contribution in [0, 0.1) is 11.8 Å². The van der Waals surface area contributed by atoms with Crippen LogP contribution < -0.4 is 20.1 Å². The van der Waals surface area contributed by atoms with Gasteiger partial charge in [0.2, 0.25) is 0 Å². The Morgan fingerprint density at radius 3 is 1.09 bits per heavy atom. The number of esters is 2. The number of carbonyl (C=O) groups is 4. The van der Waals surface area contributed by atoms with Gasteiger partial charge in [-0.2, -0.15) is 0 Å². The fraction of sp³-hybridized carbons (Fsp3) is 0.125. The highest BCUT2D eigenvalue weighted by Crippen LogP contribution is 2.19. The first kappa shape index (κ1) is 40.0. The summed E-state index contributed by atoms with van der Waals surface area (Å²) in [6.07, 6.45) is 0.309. The lowest BCUT2D eigenvalue weighted by molar-refractivity contribution is -0.140. The van der Waals surface area contributed by atoms with Crippen molar-refractivity contribution in [3.63, 3.8) is 0 Å². The number of anilines is 2. The van der Waals surface area contributed by atoms with Crippen molar-refractivity contribution >= 4 is 35.1 Å². The molecule has 0 saturated heterocycles. The zero-order chi connectivity index (χ0) is 40.7. The predicted octanol–water partition coefficient (Wildman–Crippen LogP) is 8.18. The van der Waals surface area contributed by atoms with Crippen LogP contribution in [0.3, 0.4) is 0 Å². The van der Waals surface area contributed by atoms with E-state index in [0.29, 0.717) is 47.2 Å². The first-order valence-electron chi connectivity index (χ1n) is 18.3. The molecule has 6 rings (SSSR count). The summed E-state index contributed by atoms with van der Waals surface area (Å²) in [6.45, 7) is 0.716. The van der Waals surface area contributed by atoms with E-state index in [4.69, 9.17) is 9.47 Å². The van der Waals surface area contributed by atoms with Gasteiger partial charge in [0.25, 0.3) is 11.8 Å². The zero-order valence-corrected chi connectivity index (χ0v) is 32.0. The van der Waals surface area contributed by atoms with Gasteiger partial charge in [-0.1, -0.05) is 60.4 Å². The molecule has 6 aromatic rings. The minimum Gasteiger partial charge on any atom is -0.489 e. The first-order chi connectivity index (χ1) is 28.2. The minimum absolute atomic E-state index is 0.155. The second-order valence-corrected chi connectivity index (χ2v) is 13.1. The van der Waals surface area contributed by atoms with Crippen LogP contribution in [0.4, 0.5) is 11.4 Å². The summed E-state index contributed by atoms with van der Waals surface area (Å²) in [7, 11) is 2.68. The molecule has 0 aromatic heterocycles.